The van der Waals surface area contributed by atoms with Gasteiger partial charge in [-0.3, -0.25) is 19.7 Å². The number of piperidine rings is 1. The van der Waals surface area contributed by atoms with Gasteiger partial charge in [0.1, 0.15) is 11.8 Å². The number of hydrogen-bond acceptors (Lipinski definition) is 4. The Kier molecular flexibility index (Phi) is 3.32. The Hall–Kier alpha value is -2.37. The molecule has 0 spiro atoms. The standard InChI is InChI=1S/C17H18N2O4/c20-15-7-6-13(16(21)18-15)19-8-12-11(17(19)22)2-1-3-14(12)23-9-10-4-5-10/h1-3,10,13H,4-9H2,(H,18,20,21). The van der Waals surface area contributed by atoms with Crippen LogP contribution < -0.4 is 10.1 Å². The molecule has 0 bridgehead atoms. The zero-order valence-electron chi connectivity index (χ0n) is 12.7. The van der Waals surface area contributed by atoms with Crippen molar-refractivity contribution in [2.75, 3.05) is 6.61 Å². The fourth-order valence-electron chi connectivity index (χ4n) is 3.18. The lowest BCUT2D eigenvalue weighted by Crippen LogP contribution is -2.52. The monoisotopic (exact) mass is 314 g/mol. The molecule has 0 aromatic heterocycles. The first-order chi connectivity index (χ1) is 11.1. The molecular weight excluding hydrogens is 296 g/mol. The summed E-state index contributed by atoms with van der Waals surface area (Å²) in [5, 5.41) is 2.31. The van der Waals surface area contributed by atoms with E-state index in [0.29, 0.717) is 31.1 Å². The fourth-order valence-corrected chi connectivity index (χ4v) is 3.18. The number of amides is 3. The van der Waals surface area contributed by atoms with Gasteiger partial charge in [0.2, 0.25) is 11.8 Å². The molecule has 1 atom stereocenters. The van der Waals surface area contributed by atoms with Crippen LogP contribution in [0, 0.1) is 5.92 Å². The van der Waals surface area contributed by atoms with Crippen LogP contribution in [0.4, 0.5) is 0 Å². The van der Waals surface area contributed by atoms with E-state index < -0.39 is 6.04 Å². The van der Waals surface area contributed by atoms with E-state index in [1.807, 2.05) is 12.1 Å². The maximum atomic E-state index is 12.6. The highest BCUT2D eigenvalue weighted by Gasteiger charge is 2.40. The van der Waals surface area contributed by atoms with Crippen molar-refractivity contribution in [3.8, 4) is 5.75 Å². The first kappa shape index (κ1) is 14.2. The highest BCUT2D eigenvalue weighted by molar-refractivity contribution is 6.05. The van der Waals surface area contributed by atoms with Crippen LogP contribution in [0.25, 0.3) is 0 Å². The number of nitrogens with one attached hydrogen (secondary N) is 1. The summed E-state index contributed by atoms with van der Waals surface area (Å²) < 4.78 is 5.87. The van der Waals surface area contributed by atoms with Crippen LogP contribution in [0.5, 0.6) is 5.75 Å². The number of nitrogens with zero attached hydrogens (tertiary/aromatic N) is 1. The van der Waals surface area contributed by atoms with Crippen molar-refractivity contribution >= 4 is 17.7 Å². The average molecular weight is 314 g/mol. The summed E-state index contributed by atoms with van der Waals surface area (Å²) in [5.74, 6) is 0.546. The van der Waals surface area contributed by atoms with Crippen LogP contribution in [0.1, 0.15) is 41.6 Å². The minimum atomic E-state index is -0.580. The number of rotatable bonds is 4. The van der Waals surface area contributed by atoms with Gasteiger partial charge >= 0.3 is 0 Å². The molecule has 23 heavy (non-hydrogen) atoms. The topological polar surface area (TPSA) is 75.7 Å². The van der Waals surface area contributed by atoms with Gasteiger partial charge in [0.05, 0.1) is 13.2 Å². The van der Waals surface area contributed by atoms with Gasteiger partial charge in [-0.15, -0.1) is 0 Å². The third-order valence-corrected chi connectivity index (χ3v) is 4.71. The van der Waals surface area contributed by atoms with E-state index in [9.17, 15) is 14.4 Å². The number of hydrogen-bond donors (Lipinski definition) is 1. The summed E-state index contributed by atoms with van der Waals surface area (Å²) in [6.07, 6.45) is 3.05. The predicted octanol–water partition coefficient (Wildman–Crippen LogP) is 1.24. The number of benzene rings is 1. The molecular formula is C17H18N2O4. The zero-order valence-corrected chi connectivity index (χ0v) is 12.7. The van der Waals surface area contributed by atoms with Crippen molar-refractivity contribution in [3.63, 3.8) is 0 Å². The minimum absolute atomic E-state index is 0.161. The fraction of sp³-hybridized carbons (Fsp3) is 0.471. The summed E-state index contributed by atoms with van der Waals surface area (Å²) in [6, 6.07) is 4.88. The van der Waals surface area contributed by atoms with Gasteiger partial charge in [-0.2, -0.15) is 0 Å². The van der Waals surface area contributed by atoms with Crippen LogP contribution in [0.15, 0.2) is 18.2 Å². The first-order valence-electron chi connectivity index (χ1n) is 8.03. The Morgan fingerprint density at radius 3 is 2.74 bits per heavy atom. The number of ether oxygens (including phenoxy) is 1. The number of carbonyl (C=O) groups is 3. The molecule has 6 heteroatoms. The highest BCUT2D eigenvalue weighted by Crippen LogP contribution is 2.35. The van der Waals surface area contributed by atoms with Gasteiger partial charge in [0, 0.05) is 17.5 Å². The van der Waals surface area contributed by atoms with Crippen LogP contribution in [-0.2, 0) is 16.1 Å². The Balaban J connectivity index is 1.56. The molecule has 2 aliphatic heterocycles. The Labute approximate surface area is 133 Å². The van der Waals surface area contributed by atoms with E-state index in [1.165, 1.54) is 12.8 Å². The molecule has 6 nitrogen and oxygen atoms in total. The maximum absolute atomic E-state index is 12.6. The molecule has 3 amide bonds. The van der Waals surface area contributed by atoms with Crippen LogP contribution in [0.2, 0.25) is 0 Å². The number of imide groups is 1. The lowest BCUT2D eigenvalue weighted by Gasteiger charge is -2.29. The number of carbonyl (C=O) groups excluding carboxylic acids is 3. The summed E-state index contributed by atoms with van der Waals surface area (Å²) >= 11 is 0. The van der Waals surface area contributed by atoms with E-state index in [0.717, 1.165) is 11.3 Å². The van der Waals surface area contributed by atoms with E-state index >= 15 is 0 Å². The van der Waals surface area contributed by atoms with Gasteiger partial charge in [-0.05, 0) is 37.3 Å². The molecule has 0 radical (unpaired) electrons. The second-order valence-corrected chi connectivity index (χ2v) is 6.44. The van der Waals surface area contributed by atoms with Gasteiger partial charge in [0.15, 0.2) is 0 Å². The van der Waals surface area contributed by atoms with Crippen LogP contribution >= 0.6 is 0 Å². The third-order valence-electron chi connectivity index (χ3n) is 4.71. The normalized spacial score (nSPS) is 23.7. The summed E-state index contributed by atoms with van der Waals surface area (Å²) in [6.45, 7) is 1.05. The van der Waals surface area contributed by atoms with Crippen molar-refractivity contribution in [3.05, 3.63) is 29.3 Å². The molecule has 120 valence electrons. The molecule has 1 N–H and O–H groups in total. The molecule has 2 fully saturated rings. The average Bonchev–Trinajstić information content (AvgIpc) is 3.30. The smallest absolute Gasteiger partial charge is 0.255 e. The predicted molar refractivity (Wildman–Crippen MR) is 80.7 cm³/mol. The molecule has 1 aromatic carbocycles. The Bertz CT molecular complexity index is 696. The lowest BCUT2D eigenvalue weighted by molar-refractivity contribution is -0.136. The molecule has 1 aromatic rings. The molecule has 1 saturated carbocycles. The van der Waals surface area contributed by atoms with Gasteiger partial charge in [0.25, 0.3) is 5.91 Å². The molecule has 1 saturated heterocycles. The van der Waals surface area contributed by atoms with Crippen molar-refractivity contribution in [2.24, 2.45) is 5.92 Å². The zero-order chi connectivity index (χ0) is 16.0. The van der Waals surface area contributed by atoms with Crippen LogP contribution in [-0.4, -0.2) is 35.3 Å². The Morgan fingerprint density at radius 1 is 1.17 bits per heavy atom. The minimum Gasteiger partial charge on any atom is -0.493 e. The quantitative estimate of drug-likeness (QED) is 0.848. The van der Waals surface area contributed by atoms with Crippen molar-refractivity contribution in [1.82, 2.24) is 10.2 Å². The van der Waals surface area contributed by atoms with E-state index in [1.54, 1.807) is 11.0 Å². The first-order valence-corrected chi connectivity index (χ1v) is 8.03. The number of fused-ring (bicyclic) bond motifs is 1. The van der Waals surface area contributed by atoms with E-state index in [2.05, 4.69) is 5.32 Å². The summed E-state index contributed by atoms with van der Waals surface area (Å²) in [7, 11) is 0. The van der Waals surface area contributed by atoms with Gasteiger partial charge < -0.3 is 9.64 Å². The SMILES string of the molecule is O=C1CCC(N2Cc3c(OCC4CC4)cccc3C2=O)C(=O)N1. The second kappa shape index (κ2) is 5.37. The van der Waals surface area contributed by atoms with Crippen molar-refractivity contribution < 1.29 is 19.1 Å². The summed E-state index contributed by atoms with van der Waals surface area (Å²) in [4.78, 5) is 37.5. The van der Waals surface area contributed by atoms with Gasteiger partial charge in [-0.25, -0.2) is 0 Å². The largest absolute Gasteiger partial charge is 0.493 e. The molecule has 1 aliphatic carbocycles. The van der Waals surface area contributed by atoms with Crippen molar-refractivity contribution in [2.45, 2.75) is 38.3 Å². The molecule has 1 unspecified atom stereocenters. The lowest BCUT2D eigenvalue weighted by atomic mass is 10.0. The Morgan fingerprint density at radius 2 is 2.00 bits per heavy atom. The second-order valence-electron chi connectivity index (χ2n) is 6.44. The van der Waals surface area contributed by atoms with E-state index in [-0.39, 0.29) is 24.1 Å². The summed E-state index contributed by atoms with van der Waals surface area (Å²) in [5.41, 5.74) is 1.45. The highest BCUT2D eigenvalue weighted by atomic mass is 16.5. The molecule has 4 rings (SSSR count). The molecule has 3 aliphatic rings. The van der Waals surface area contributed by atoms with Crippen molar-refractivity contribution in [1.29, 1.82) is 0 Å². The maximum Gasteiger partial charge on any atom is 0.255 e. The third kappa shape index (κ3) is 2.58. The van der Waals surface area contributed by atoms with Crippen LogP contribution in [0.3, 0.4) is 0 Å². The van der Waals surface area contributed by atoms with E-state index in [4.69, 9.17) is 4.74 Å². The molecule has 2 heterocycles. The van der Waals surface area contributed by atoms with Gasteiger partial charge in [-0.1, -0.05) is 6.07 Å².